The molecule has 0 radical (unpaired) electrons. The quantitative estimate of drug-likeness (QED) is 0.856. The molecule has 1 aliphatic heterocycles. The van der Waals surface area contributed by atoms with E-state index < -0.39 is 0 Å². The second-order valence-electron chi connectivity index (χ2n) is 5.98. The van der Waals surface area contributed by atoms with Crippen molar-refractivity contribution >= 4 is 17.4 Å². The zero-order valence-electron chi connectivity index (χ0n) is 13.7. The number of nitrogens with one attached hydrogen (secondary N) is 1. The molecule has 5 nitrogen and oxygen atoms in total. The van der Waals surface area contributed by atoms with E-state index in [4.69, 9.17) is 9.47 Å². The lowest BCUT2D eigenvalue weighted by Crippen LogP contribution is -2.25. The van der Waals surface area contributed by atoms with Crippen LogP contribution in [0.15, 0.2) is 42.5 Å². The molecule has 2 aromatic carbocycles. The molecule has 1 amide bonds. The van der Waals surface area contributed by atoms with Gasteiger partial charge in [0.05, 0.1) is 5.69 Å². The van der Waals surface area contributed by atoms with Crippen LogP contribution in [0.4, 0.5) is 5.69 Å². The molecule has 0 aromatic heterocycles. The second-order valence-corrected chi connectivity index (χ2v) is 5.98. The van der Waals surface area contributed by atoms with Gasteiger partial charge in [0.25, 0.3) is 5.91 Å². The molecule has 0 saturated carbocycles. The van der Waals surface area contributed by atoms with E-state index in [-0.39, 0.29) is 24.9 Å². The average Bonchev–Trinajstić information content (AvgIpc) is 2.59. The molecule has 2 aromatic rings. The Morgan fingerprint density at radius 1 is 1.21 bits per heavy atom. The minimum atomic E-state index is -0.207. The van der Waals surface area contributed by atoms with Crippen LogP contribution in [-0.4, -0.2) is 24.9 Å². The third kappa shape index (κ3) is 3.56. The van der Waals surface area contributed by atoms with Gasteiger partial charge in [-0.3, -0.25) is 9.59 Å². The first-order valence-corrected chi connectivity index (χ1v) is 7.85. The maximum absolute atomic E-state index is 12.2. The lowest BCUT2D eigenvalue weighted by Gasteiger charge is -2.18. The molecule has 0 fully saturated rings. The number of amides is 1. The molecule has 0 saturated heterocycles. The lowest BCUT2D eigenvalue weighted by molar-refractivity contribution is -0.118. The molecule has 0 bridgehead atoms. The second kappa shape index (κ2) is 6.74. The monoisotopic (exact) mass is 325 g/mol. The minimum Gasteiger partial charge on any atom is -0.485 e. The molecule has 1 N–H and O–H groups in total. The standard InChI is InChI=1S/C19H19NO4/c1-12(2)13-3-5-14(6-4-13)17(21)10-23-15-7-8-18-16(9-15)20-19(22)11-24-18/h3-9,12H,10-11H2,1-2H3,(H,20,22). The van der Waals surface area contributed by atoms with Crippen LogP contribution in [0.3, 0.4) is 0 Å². The Kier molecular flexibility index (Phi) is 4.51. The van der Waals surface area contributed by atoms with E-state index >= 15 is 0 Å². The molecule has 0 atom stereocenters. The highest BCUT2D eigenvalue weighted by molar-refractivity contribution is 5.97. The van der Waals surface area contributed by atoms with Gasteiger partial charge in [0, 0.05) is 11.6 Å². The number of anilines is 1. The number of ether oxygens (including phenoxy) is 2. The normalized spacial score (nSPS) is 13.0. The van der Waals surface area contributed by atoms with E-state index in [9.17, 15) is 9.59 Å². The summed E-state index contributed by atoms with van der Waals surface area (Å²) in [7, 11) is 0. The lowest BCUT2D eigenvalue weighted by atomic mass is 10.0. The highest BCUT2D eigenvalue weighted by atomic mass is 16.5. The van der Waals surface area contributed by atoms with E-state index in [0.29, 0.717) is 28.7 Å². The zero-order chi connectivity index (χ0) is 17.1. The van der Waals surface area contributed by atoms with Gasteiger partial charge in [-0.2, -0.15) is 0 Å². The third-order valence-corrected chi connectivity index (χ3v) is 3.85. The summed E-state index contributed by atoms with van der Waals surface area (Å²) >= 11 is 0. The predicted octanol–water partition coefficient (Wildman–Crippen LogP) is 3.40. The van der Waals surface area contributed by atoms with Crippen molar-refractivity contribution in [1.29, 1.82) is 0 Å². The van der Waals surface area contributed by atoms with Crippen LogP contribution in [0, 0.1) is 0 Å². The molecule has 3 rings (SSSR count). The van der Waals surface area contributed by atoms with Crippen LogP contribution in [0.2, 0.25) is 0 Å². The van der Waals surface area contributed by atoms with E-state index in [1.54, 1.807) is 18.2 Å². The van der Waals surface area contributed by atoms with Gasteiger partial charge < -0.3 is 14.8 Å². The van der Waals surface area contributed by atoms with Crippen molar-refractivity contribution in [3.63, 3.8) is 0 Å². The molecular formula is C19H19NO4. The van der Waals surface area contributed by atoms with E-state index in [2.05, 4.69) is 19.2 Å². The zero-order valence-corrected chi connectivity index (χ0v) is 13.7. The van der Waals surface area contributed by atoms with Crippen LogP contribution in [-0.2, 0) is 4.79 Å². The highest BCUT2D eigenvalue weighted by Crippen LogP contribution is 2.31. The fourth-order valence-electron chi connectivity index (χ4n) is 2.44. The van der Waals surface area contributed by atoms with Gasteiger partial charge in [-0.1, -0.05) is 38.1 Å². The maximum atomic E-state index is 12.2. The SMILES string of the molecule is CC(C)c1ccc(C(=O)COc2ccc3c(c2)NC(=O)CO3)cc1. The summed E-state index contributed by atoms with van der Waals surface area (Å²) < 4.78 is 10.8. The number of ketones is 1. The van der Waals surface area contributed by atoms with Crippen molar-refractivity contribution in [2.24, 2.45) is 0 Å². The van der Waals surface area contributed by atoms with Crippen LogP contribution in [0.1, 0.15) is 35.7 Å². The van der Waals surface area contributed by atoms with E-state index in [0.717, 1.165) is 0 Å². The Bertz CT molecular complexity index is 765. The number of fused-ring (bicyclic) bond motifs is 1. The van der Waals surface area contributed by atoms with Gasteiger partial charge in [0.2, 0.25) is 0 Å². The number of hydrogen-bond acceptors (Lipinski definition) is 4. The van der Waals surface area contributed by atoms with Crippen molar-refractivity contribution < 1.29 is 19.1 Å². The molecule has 24 heavy (non-hydrogen) atoms. The summed E-state index contributed by atoms with van der Waals surface area (Å²) in [6.45, 7) is 4.17. The number of hydrogen-bond donors (Lipinski definition) is 1. The Balaban J connectivity index is 1.64. The molecule has 0 spiro atoms. The van der Waals surface area contributed by atoms with Gasteiger partial charge in [-0.05, 0) is 23.6 Å². The van der Waals surface area contributed by atoms with Crippen molar-refractivity contribution in [1.82, 2.24) is 0 Å². The first-order chi connectivity index (χ1) is 11.5. The summed E-state index contributed by atoms with van der Waals surface area (Å²) in [4.78, 5) is 23.6. The Hall–Kier alpha value is -2.82. The van der Waals surface area contributed by atoms with Gasteiger partial charge in [-0.15, -0.1) is 0 Å². The fourth-order valence-corrected chi connectivity index (χ4v) is 2.44. The largest absolute Gasteiger partial charge is 0.485 e. The summed E-state index contributed by atoms with van der Waals surface area (Å²) in [5, 5.41) is 2.71. The third-order valence-electron chi connectivity index (χ3n) is 3.85. The predicted molar refractivity (Wildman–Crippen MR) is 90.9 cm³/mol. The van der Waals surface area contributed by atoms with Crippen LogP contribution in [0.5, 0.6) is 11.5 Å². The van der Waals surface area contributed by atoms with Gasteiger partial charge in [-0.25, -0.2) is 0 Å². The summed E-state index contributed by atoms with van der Waals surface area (Å²) in [5.41, 5.74) is 2.37. The molecular weight excluding hydrogens is 306 g/mol. The van der Waals surface area contributed by atoms with Crippen LogP contribution < -0.4 is 14.8 Å². The average molecular weight is 325 g/mol. The topological polar surface area (TPSA) is 64.6 Å². The van der Waals surface area contributed by atoms with Crippen molar-refractivity contribution in [2.45, 2.75) is 19.8 Å². The molecule has 0 aliphatic carbocycles. The van der Waals surface area contributed by atoms with E-state index in [1.807, 2.05) is 24.3 Å². The van der Waals surface area contributed by atoms with Crippen LogP contribution >= 0.6 is 0 Å². The van der Waals surface area contributed by atoms with E-state index in [1.165, 1.54) is 5.56 Å². The van der Waals surface area contributed by atoms with Gasteiger partial charge >= 0.3 is 0 Å². The van der Waals surface area contributed by atoms with Crippen LogP contribution in [0.25, 0.3) is 0 Å². The molecule has 124 valence electrons. The summed E-state index contributed by atoms with van der Waals surface area (Å²) in [6.07, 6.45) is 0. The first kappa shape index (κ1) is 16.1. The van der Waals surface area contributed by atoms with Crippen molar-refractivity contribution in [3.8, 4) is 11.5 Å². The van der Waals surface area contributed by atoms with Gasteiger partial charge in [0.1, 0.15) is 11.5 Å². The highest BCUT2D eigenvalue weighted by Gasteiger charge is 2.16. The number of Topliss-reactive ketones (excluding diaryl/α,β-unsaturated/α-hetero) is 1. The maximum Gasteiger partial charge on any atom is 0.262 e. The molecule has 0 unspecified atom stereocenters. The smallest absolute Gasteiger partial charge is 0.262 e. The molecule has 1 aliphatic rings. The molecule has 5 heteroatoms. The van der Waals surface area contributed by atoms with Crippen molar-refractivity contribution in [3.05, 3.63) is 53.6 Å². The Morgan fingerprint density at radius 3 is 2.67 bits per heavy atom. The number of carbonyl (C=O) groups is 2. The van der Waals surface area contributed by atoms with Crippen molar-refractivity contribution in [2.75, 3.05) is 18.5 Å². The minimum absolute atomic E-state index is 0.0120. The summed E-state index contributed by atoms with van der Waals surface area (Å²) in [5.74, 6) is 1.23. The summed E-state index contributed by atoms with van der Waals surface area (Å²) in [6, 6.07) is 12.6. The Morgan fingerprint density at radius 2 is 1.96 bits per heavy atom. The van der Waals surface area contributed by atoms with Gasteiger partial charge in [0.15, 0.2) is 19.0 Å². The number of benzene rings is 2. The Labute approximate surface area is 140 Å². The molecule has 1 heterocycles. The number of carbonyl (C=O) groups excluding carboxylic acids is 2. The number of rotatable bonds is 5. The first-order valence-electron chi connectivity index (χ1n) is 7.85. The fraction of sp³-hybridized carbons (Fsp3) is 0.263.